The van der Waals surface area contributed by atoms with Crippen molar-refractivity contribution in [2.45, 2.75) is 58.8 Å². The first-order valence-electron chi connectivity index (χ1n) is 7.56. The van der Waals surface area contributed by atoms with E-state index in [4.69, 9.17) is 20.4 Å². The first-order valence-corrected chi connectivity index (χ1v) is 7.56. The van der Waals surface area contributed by atoms with Crippen molar-refractivity contribution < 1.29 is 30.0 Å². The summed E-state index contributed by atoms with van der Waals surface area (Å²) in [5, 5.41) is 34.0. The Hall–Kier alpha value is -1.14. The van der Waals surface area contributed by atoms with Gasteiger partial charge in [-0.3, -0.25) is 9.59 Å². The zero-order chi connectivity index (χ0) is 16.7. The number of carbonyl (C=O) groups is 2. The minimum absolute atomic E-state index is 0.0628. The Kier molecular flexibility index (Phi) is 16.1. The van der Waals surface area contributed by atoms with E-state index >= 15 is 0 Å². The summed E-state index contributed by atoms with van der Waals surface area (Å²) >= 11 is 0. The van der Waals surface area contributed by atoms with Gasteiger partial charge in [-0.15, -0.1) is 0 Å². The molecular weight excluding hydrogens is 276 g/mol. The first kappa shape index (κ1) is 22.1. The predicted molar refractivity (Wildman–Crippen MR) is 80.1 cm³/mol. The fraction of sp³-hybridized carbons (Fsp3) is 0.867. The molecule has 6 nitrogen and oxygen atoms in total. The highest BCUT2D eigenvalue weighted by atomic mass is 16.4. The molecule has 6 heteroatoms. The highest BCUT2D eigenvalue weighted by Crippen LogP contribution is 2.17. The molecular formula is C15H30O6. The molecule has 4 N–H and O–H groups in total. The number of rotatable bonds is 11. The molecule has 0 aliphatic heterocycles. The maximum Gasteiger partial charge on any atom is 0.303 e. The Balaban J connectivity index is 0. The summed E-state index contributed by atoms with van der Waals surface area (Å²) < 4.78 is 0. The van der Waals surface area contributed by atoms with Gasteiger partial charge >= 0.3 is 11.9 Å². The van der Waals surface area contributed by atoms with E-state index < -0.39 is 11.9 Å². The topological polar surface area (TPSA) is 115 Å². The normalized spacial score (nSPS) is 13.0. The number of carboxylic acid groups (broad SMARTS) is 2. The zero-order valence-electron chi connectivity index (χ0n) is 13.1. The largest absolute Gasteiger partial charge is 0.481 e. The maximum absolute atomic E-state index is 9.90. The van der Waals surface area contributed by atoms with Gasteiger partial charge in [-0.25, -0.2) is 0 Å². The molecule has 0 radical (unpaired) electrons. The number of hydrogen-bond acceptors (Lipinski definition) is 4. The van der Waals surface area contributed by atoms with Crippen LogP contribution in [0.15, 0.2) is 0 Å². The summed E-state index contributed by atoms with van der Waals surface area (Å²) in [6, 6.07) is 0. The van der Waals surface area contributed by atoms with Crippen molar-refractivity contribution in [2.24, 2.45) is 11.8 Å². The fourth-order valence-corrected chi connectivity index (χ4v) is 1.76. The van der Waals surface area contributed by atoms with Crippen molar-refractivity contribution in [3.63, 3.8) is 0 Å². The summed E-state index contributed by atoms with van der Waals surface area (Å²) in [7, 11) is 0. The van der Waals surface area contributed by atoms with Gasteiger partial charge in [0.15, 0.2) is 0 Å². The van der Waals surface area contributed by atoms with Gasteiger partial charge in [0.2, 0.25) is 0 Å². The Morgan fingerprint density at radius 2 is 1.14 bits per heavy atom. The third kappa shape index (κ3) is 16.8. The summed E-state index contributed by atoms with van der Waals surface area (Å²) in [5.41, 5.74) is 0. The number of aliphatic hydroxyl groups is 2. The third-order valence-corrected chi connectivity index (χ3v) is 3.37. The molecule has 0 aromatic carbocycles. The molecule has 2 atom stereocenters. The van der Waals surface area contributed by atoms with Crippen LogP contribution >= 0.6 is 0 Å². The number of aliphatic carboxylic acids is 2. The molecule has 0 aliphatic carbocycles. The molecule has 2 unspecified atom stereocenters. The SMILES string of the molecule is CCC(CO)CC(CC)CO.O=C(O)CCCCC(=O)O. The standard InChI is InChI=1S/C9H20O2.C6H10O4/c1-3-8(6-10)5-9(4-2)7-11;7-5(8)3-1-2-4-6(9)10/h8-11H,3-7H2,1-2H3;1-4H2,(H,7,8)(H,9,10). The number of hydrogen-bond donors (Lipinski definition) is 4. The van der Waals surface area contributed by atoms with E-state index in [0.29, 0.717) is 24.7 Å². The van der Waals surface area contributed by atoms with E-state index in [1.807, 2.05) is 0 Å². The van der Waals surface area contributed by atoms with E-state index in [1.54, 1.807) is 0 Å². The lowest BCUT2D eigenvalue weighted by Gasteiger charge is -2.17. The molecule has 0 fully saturated rings. The third-order valence-electron chi connectivity index (χ3n) is 3.37. The Morgan fingerprint density at radius 1 is 0.810 bits per heavy atom. The molecule has 0 bridgehead atoms. The molecule has 0 aliphatic rings. The van der Waals surface area contributed by atoms with Crippen LogP contribution in [0.5, 0.6) is 0 Å². The van der Waals surface area contributed by atoms with Gasteiger partial charge in [0.05, 0.1) is 0 Å². The van der Waals surface area contributed by atoms with Crippen LogP contribution in [0.1, 0.15) is 58.8 Å². The van der Waals surface area contributed by atoms with Gasteiger partial charge < -0.3 is 20.4 Å². The minimum atomic E-state index is -0.870. The average molecular weight is 306 g/mol. The van der Waals surface area contributed by atoms with Gasteiger partial charge in [-0.2, -0.15) is 0 Å². The molecule has 21 heavy (non-hydrogen) atoms. The van der Waals surface area contributed by atoms with Crippen LogP contribution in [0.4, 0.5) is 0 Å². The lowest BCUT2D eigenvalue weighted by atomic mass is 9.92. The van der Waals surface area contributed by atoms with Crippen molar-refractivity contribution in [1.29, 1.82) is 0 Å². The monoisotopic (exact) mass is 306 g/mol. The second kappa shape index (κ2) is 15.3. The maximum atomic E-state index is 9.90. The zero-order valence-corrected chi connectivity index (χ0v) is 13.1. The average Bonchev–Trinajstić information content (AvgIpc) is 2.45. The summed E-state index contributed by atoms with van der Waals surface area (Å²) in [5.74, 6) is -0.977. The molecule has 0 saturated carbocycles. The van der Waals surface area contributed by atoms with E-state index in [1.165, 1.54) is 0 Å². The van der Waals surface area contributed by atoms with Crippen LogP contribution in [-0.4, -0.2) is 45.6 Å². The van der Waals surface area contributed by atoms with Crippen LogP contribution in [0.25, 0.3) is 0 Å². The minimum Gasteiger partial charge on any atom is -0.481 e. The van der Waals surface area contributed by atoms with Crippen molar-refractivity contribution in [3.8, 4) is 0 Å². The van der Waals surface area contributed by atoms with Crippen molar-refractivity contribution in [1.82, 2.24) is 0 Å². The molecule has 0 spiro atoms. The Morgan fingerprint density at radius 3 is 1.33 bits per heavy atom. The predicted octanol–water partition coefficient (Wildman–Crippen LogP) is 2.13. The van der Waals surface area contributed by atoms with Crippen LogP contribution in [-0.2, 0) is 9.59 Å². The lowest BCUT2D eigenvalue weighted by molar-refractivity contribution is -0.139. The van der Waals surface area contributed by atoms with Gasteiger partial charge in [-0.1, -0.05) is 26.7 Å². The summed E-state index contributed by atoms with van der Waals surface area (Å²) in [6.45, 7) is 4.66. The quantitative estimate of drug-likeness (QED) is 0.435. The Labute approximate surface area is 126 Å². The van der Waals surface area contributed by atoms with E-state index in [9.17, 15) is 9.59 Å². The Bertz CT molecular complexity index is 233. The number of aliphatic hydroxyl groups excluding tert-OH is 2. The summed E-state index contributed by atoms with van der Waals surface area (Å²) in [6.07, 6.45) is 3.99. The van der Waals surface area contributed by atoms with Gasteiger partial charge in [0.1, 0.15) is 0 Å². The van der Waals surface area contributed by atoms with Crippen molar-refractivity contribution >= 4 is 11.9 Å². The first-order chi connectivity index (χ1) is 9.90. The van der Waals surface area contributed by atoms with Crippen LogP contribution in [0.3, 0.4) is 0 Å². The molecule has 0 saturated heterocycles. The fourth-order valence-electron chi connectivity index (χ4n) is 1.76. The second-order valence-corrected chi connectivity index (χ2v) is 5.14. The number of carboxylic acids is 2. The number of unbranched alkanes of at least 4 members (excludes halogenated alkanes) is 1. The highest BCUT2D eigenvalue weighted by Gasteiger charge is 2.11. The van der Waals surface area contributed by atoms with Gasteiger partial charge in [-0.05, 0) is 31.1 Å². The van der Waals surface area contributed by atoms with Crippen molar-refractivity contribution in [2.75, 3.05) is 13.2 Å². The molecule has 126 valence electrons. The highest BCUT2D eigenvalue weighted by molar-refractivity contribution is 5.67. The van der Waals surface area contributed by atoms with Gasteiger partial charge in [0, 0.05) is 26.1 Å². The second-order valence-electron chi connectivity index (χ2n) is 5.14. The van der Waals surface area contributed by atoms with Crippen LogP contribution < -0.4 is 0 Å². The summed E-state index contributed by atoms with van der Waals surface area (Å²) in [4.78, 5) is 19.8. The smallest absolute Gasteiger partial charge is 0.303 e. The molecule has 0 rings (SSSR count). The molecule has 0 amide bonds. The molecule has 0 heterocycles. The van der Waals surface area contributed by atoms with Crippen LogP contribution in [0, 0.1) is 11.8 Å². The molecule has 0 aromatic heterocycles. The van der Waals surface area contributed by atoms with Gasteiger partial charge in [0.25, 0.3) is 0 Å². The van der Waals surface area contributed by atoms with Crippen LogP contribution in [0.2, 0.25) is 0 Å². The van der Waals surface area contributed by atoms with E-state index in [-0.39, 0.29) is 26.1 Å². The van der Waals surface area contributed by atoms with E-state index in [2.05, 4.69) is 13.8 Å². The van der Waals surface area contributed by atoms with Crippen molar-refractivity contribution in [3.05, 3.63) is 0 Å². The lowest BCUT2D eigenvalue weighted by Crippen LogP contribution is -2.14. The van der Waals surface area contributed by atoms with E-state index in [0.717, 1.165) is 19.3 Å². The molecule has 0 aromatic rings.